The Bertz CT molecular complexity index is 1030. The maximum Gasteiger partial charge on any atom is 0.262 e. The minimum Gasteiger partial charge on any atom is -0.383 e. The third kappa shape index (κ3) is 4.78. The van der Waals surface area contributed by atoms with Crippen LogP contribution in [0.4, 0.5) is 0 Å². The lowest BCUT2D eigenvalue weighted by molar-refractivity contribution is -0.127. The summed E-state index contributed by atoms with van der Waals surface area (Å²) in [4.78, 5) is 35.5. The van der Waals surface area contributed by atoms with E-state index in [1.165, 1.54) is 23.1 Å². The van der Waals surface area contributed by atoms with Crippen LogP contribution in [0.25, 0.3) is 10.9 Å². The number of aromatic nitrogens is 3. The van der Waals surface area contributed by atoms with E-state index in [0.29, 0.717) is 41.4 Å². The number of fused-ring (bicyclic) bond motifs is 1. The molecule has 1 aromatic carbocycles. The summed E-state index contributed by atoms with van der Waals surface area (Å²) in [6.45, 7) is 0.871. The van der Waals surface area contributed by atoms with Gasteiger partial charge in [0, 0.05) is 32.3 Å². The third-order valence-corrected chi connectivity index (χ3v) is 6.00. The number of thiazole rings is 1. The standard InChI is InChI=1S/C19H22N4O3S2/c1-22(2)17(24)10-16-20-13(11-27-16)12-28-19-21-15-7-5-4-6-14(15)18(25)23(19)8-9-26-3/h4-7,11H,8-10,12H2,1-3H3. The molecular formula is C19H22N4O3S2. The van der Waals surface area contributed by atoms with E-state index in [1.54, 1.807) is 36.7 Å². The predicted octanol–water partition coefficient (Wildman–Crippen LogP) is 2.42. The first kappa shape index (κ1) is 20.5. The Kier molecular flexibility index (Phi) is 6.82. The number of para-hydroxylation sites is 1. The van der Waals surface area contributed by atoms with Gasteiger partial charge in [-0.05, 0) is 12.1 Å². The summed E-state index contributed by atoms with van der Waals surface area (Å²) in [5.41, 5.74) is 1.48. The van der Waals surface area contributed by atoms with Crippen LogP contribution in [-0.2, 0) is 28.2 Å². The summed E-state index contributed by atoms with van der Waals surface area (Å²) >= 11 is 2.94. The fourth-order valence-electron chi connectivity index (χ4n) is 2.56. The second-order valence-electron chi connectivity index (χ2n) is 6.35. The smallest absolute Gasteiger partial charge is 0.262 e. The minimum absolute atomic E-state index is 0.0261. The van der Waals surface area contributed by atoms with Crippen LogP contribution in [0.2, 0.25) is 0 Å². The van der Waals surface area contributed by atoms with Gasteiger partial charge in [0.25, 0.3) is 5.56 Å². The summed E-state index contributed by atoms with van der Waals surface area (Å²) in [5.74, 6) is 0.600. The number of carbonyl (C=O) groups is 1. The molecule has 7 nitrogen and oxygen atoms in total. The Balaban J connectivity index is 1.81. The summed E-state index contributed by atoms with van der Waals surface area (Å²) in [6.07, 6.45) is 0.301. The Morgan fingerprint density at radius 2 is 2.07 bits per heavy atom. The van der Waals surface area contributed by atoms with Crippen LogP contribution >= 0.6 is 23.1 Å². The number of rotatable bonds is 8. The van der Waals surface area contributed by atoms with Crippen LogP contribution in [0.5, 0.6) is 0 Å². The summed E-state index contributed by atoms with van der Waals surface area (Å²) < 4.78 is 6.80. The maximum absolute atomic E-state index is 12.9. The molecule has 3 rings (SSSR count). The first-order valence-corrected chi connectivity index (χ1v) is 10.6. The number of likely N-dealkylation sites (N-methyl/N-ethyl adjacent to an activating group) is 1. The molecule has 0 saturated carbocycles. The van der Waals surface area contributed by atoms with E-state index in [-0.39, 0.29) is 11.5 Å². The Morgan fingerprint density at radius 3 is 2.82 bits per heavy atom. The van der Waals surface area contributed by atoms with Crippen molar-refractivity contribution in [3.63, 3.8) is 0 Å². The van der Waals surface area contributed by atoms with E-state index in [1.807, 2.05) is 23.6 Å². The molecule has 0 spiro atoms. The summed E-state index contributed by atoms with van der Waals surface area (Å²) in [7, 11) is 5.08. The lowest BCUT2D eigenvalue weighted by Gasteiger charge is -2.12. The monoisotopic (exact) mass is 418 g/mol. The Morgan fingerprint density at radius 1 is 1.29 bits per heavy atom. The molecule has 0 radical (unpaired) electrons. The molecule has 0 aliphatic carbocycles. The lowest BCUT2D eigenvalue weighted by atomic mass is 10.2. The third-order valence-electron chi connectivity index (χ3n) is 4.10. The van der Waals surface area contributed by atoms with E-state index in [4.69, 9.17) is 4.74 Å². The average Bonchev–Trinajstić information content (AvgIpc) is 3.13. The van der Waals surface area contributed by atoms with Crippen molar-refractivity contribution in [2.75, 3.05) is 27.8 Å². The van der Waals surface area contributed by atoms with Gasteiger partial charge in [-0.3, -0.25) is 14.2 Å². The molecule has 28 heavy (non-hydrogen) atoms. The number of nitrogens with zero attached hydrogens (tertiary/aromatic N) is 4. The highest BCUT2D eigenvalue weighted by Gasteiger charge is 2.13. The molecule has 0 aliphatic rings. The number of hydrogen-bond donors (Lipinski definition) is 0. The first-order chi connectivity index (χ1) is 13.5. The number of ether oxygens (including phenoxy) is 1. The summed E-state index contributed by atoms with van der Waals surface area (Å²) in [6, 6.07) is 7.34. The topological polar surface area (TPSA) is 77.3 Å². The zero-order chi connectivity index (χ0) is 20.1. The fraction of sp³-hybridized carbons (Fsp3) is 0.368. The van der Waals surface area contributed by atoms with Gasteiger partial charge in [0.15, 0.2) is 5.16 Å². The average molecular weight is 419 g/mol. The Hall–Kier alpha value is -2.23. The van der Waals surface area contributed by atoms with Gasteiger partial charge in [0.05, 0.1) is 36.2 Å². The SMILES string of the molecule is COCCn1c(SCc2csc(CC(=O)N(C)C)n2)nc2ccccc2c1=O. The van der Waals surface area contributed by atoms with Crippen LogP contribution in [0.15, 0.2) is 39.6 Å². The van der Waals surface area contributed by atoms with Crippen LogP contribution in [0.1, 0.15) is 10.7 Å². The second-order valence-corrected chi connectivity index (χ2v) is 8.23. The van der Waals surface area contributed by atoms with Crippen LogP contribution in [0.3, 0.4) is 0 Å². The number of methoxy groups -OCH3 is 1. The Labute approximate surface area is 171 Å². The van der Waals surface area contributed by atoms with Gasteiger partial charge in [0.1, 0.15) is 5.01 Å². The zero-order valence-electron chi connectivity index (χ0n) is 16.0. The largest absolute Gasteiger partial charge is 0.383 e. The highest BCUT2D eigenvalue weighted by molar-refractivity contribution is 7.98. The number of thioether (sulfide) groups is 1. The van der Waals surface area contributed by atoms with Crippen molar-refractivity contribution >= 4 is 39.9 Å². The van der Waals surface area contributed by atoms with Crippen molar-refractivity contribution in [1.82, 2.24) is 19.4 Å². The van der Waals surface area contributed by atoms with Crippen molar-refractivity contribution in [3.05, 3.63) is 50.7 Å². The van der Waals surface area contributed by atoms with Gasteiger partial charge in [-0.1, -0.05) is 23.9 Å². The van der Waals surface area contributed by atoms with Crippen molar-refractivity contribution in [3.8, 4) is 0 Å². The van der Waals surface area contributed by atoms with Gasteiger partial charge >= 0.3 is 0 Å². The van der Waals surface area contributed by atoms with Gasteiger partial charge < -0.3 is 9.64 Å². The second kappa shape index (κ2) is 9.31. The highest BCUT2D eigenvalue weighted by Crippen LogP contribution is 2.23. The van der Waals surface area contributed by atoms with Crippen molar-refractivity contribution in [2.45, 2.75) is 23.9 Å². The van der Waals surface area contributed by atoms with E-state index >= 15 is 0 Å². The molecule has 2 heterocycles. The zero-order valence-corrected chi connectivity index (χ0v) is 17.7. The van der Waals surface area contributed by atoms with Gasteiger partial charge in [-0.25, -0.2) is 9.97 Å². The molecule has 148 valence electrons. The van der Waals surface area contributed by atoms with Crippen LogP contribution in [-0.4, -0.2) is 53.2 Å². The highest BCUT2D eigenvalue weighted by atomic mass is 32.2. The molecule has 2 aromatic heterocycles. The van der Waals surface area contributed by atoms with Crippen LogP contribution < -0.4 is 5.56 Å². The van der Waals surface area contributed by atoms with E-state index in [9.17, 15) is 9.59 Å². The number of amides is 1. The van der Waals surface area contributed by atoms with E-state index in [0.717, 1.165) is 10.7 Å². The molecular weight excluding hydrogens is 396 g/mol. The van der Waals surface area contributed by atoms with Crippen LogP contribution in [0, 0.1) is 0 Å². The molecule has 0 aliphatic heterocycles. The number of benzene rings is 1. The molecule has 1 amide bonds. The van der Waals surface area contributed by atoms with Gasteiger partial charge in [-0.15, -0.1) is 11.3 Å². The maximum atomic E-state index is 12.9. The van der Waals surface area contributed by atoms with Crippen molar-refractivity contribution < 1.29 is 9.53 Å². The van der Waals surface area contributed by atoms with Gasteiger partial charge in [0.2, 0.25) is 5.91 Å². The lowest BCUT2D eigenvalue weighted by Crippen LogP contribution is -2.25. The normalized spacial score (nSPS) is 11.1. The molecule has 0 atom stereocenters. The first-order valence-electron chi connectivity index (χ1n) is 8.74. The van der Waals surface area contributed by atoms with Crippen molar-refractivity contribution in [2.24, 2.45) is 0 Å². The molecule has 9 heteroatoms. The summed E-state index contributed by atoms with van der Waals surface area (Å²) in [5, 5.41) is 3.97. The van der Waals surface area contributed by atoms with E-state index in [2.05, 4.69) is 9.97 Å². The van der Waals surface area contributed by atoms with Crippen molar-refractivity contribution in [1.29, 1.82) is 0 Å². The van der Waals surface area contributed by atoms with E-state index < -0.39 is 0 Å². The molecule has 0 N–H and O–H groups in total. The molecule has 0 unspecified atom stereocenters. The molecule has 0 bridgehead atoms. The quantitative estimate of drug-likeness (QED) is 0.413. The van der Waals surface area contributed by atoms with Gasteiger partial charge in [-0.2, -0.15) is 0 Å². The number of hydrogen-bond acceptors (Lipinski definition) is 7. The molecule has 0 fully saturated rings. The predicted molar refractivity (Wildman–Crippen MR) is 112 cm³/mol. The minimum atomic E-state index is -0.0688. The molecule has 0 saturated heterocycles. The number of carbonyl (C=O) groups excluding carboxylic acids is 1. The molecule has 3 aromatic rings. The fourth-order valence-corrected chi connectivity index (χ4v) is 4.37.